The zero-order valence-corrected chi connectivity index (χ0v) is 11.5. The molecule has 0 saturated heterocycles. The molecule has 0 aliphatic heterocycles. The van der Waals surface area contributed by atoms with Crippen LogP contribution in [0, 0.1) is 5.82 Å². The summed E-state index contributed by atoms with van der Waals surface area (Å²) < 4.78 is 18.4. The molecule has 0 fully saturated rings. The van der Waals surface area contributed by atoms with Gasteiger partial charge in [-0.25, -0.2) is 4.39 Å². The molecule has 0 bridgehead atoms. The molecule has 0 aliphatic rings. The predicted molar refractivity (Wildman–Crippen MR) is 70.8 cm³/mol. The normalized spacial score (nSPS) is 12.5. The van der Waals surface area contributed by atoms with Crippen LogP contribution in [0.4, 0.5) is 4.39 Å². The van der Waals surface area contributed by atoms with Gasteiger partial charge in [0, 0.05) is 6.54 Å². The lowest BCUT2D eigenvalue weighted by Gasteiger charge is -2.24. The van der Waals surface area contributed by atoms with Crippen LogP contribution in [0.15, 0.2) is 18.2 Å². The van der Waals surface area contributed by atoms with Crippen molar-refractivity contribution in [3.8, 4) is 5.75 Å². The van der Waals surface area contributed by atoms with Gasteiger partial charge in [-0.1, -0.05) is 19.4 Å². The van der Waals surface area contributed by atoms with Crippen LogP contribution in [0.1, 0.15) is 25.3 Å². The molecule has 1 aromatic carbocycles. The average molecular weight is 269 g/mol. The van der Waals surface area contributed by atoms with Gasteiger partial charge in [0.05, 0.1) is 7.11 Å². The maximum Gasteiger partial charge on any atom is 0.320 e. The zero-order chi connectivity index (χ0) is 14.4. The number of halogens is 1. The second-order valence-electron chi connectivity index (χ2n) is 4.53. The fourth-order valence-corrected chi connectivity index (χ4v) is 2.01. The number of carboxylic acids is 1. The lowest BCUT2D eigenvalue weighted by Crippen LogP contribution is -2.37. The molecule has 1 N–H and O–H groups in total. The van der Waals surface area contributed by atoms with E-state index in [0.717, 1.165) is 12.0 Å². The van der Waals surface area contributed by atoms with Gasteiger partial charge < -0.3 is 9.84 Å². The van der Waals surface area contributed by atoms with Gasteiger partial charge in [0.15, 0.2) is 11.6 Å². The van der Waals surface area contributed by atoms with Crippen molar-refractivity contribution in [2.24, 2.45) is 0 Å². The number of nitrogens with zero attached hydrogens (tertiary/aromatic N) is 1. The van der Waals surface area contributed by atoms with E-state index in [1.54, 1.807) is 24.1 Å². The molecule has 106 valence electrons. The van der Waals surface area contributed by atoms with Crippen LogP contribution in [0.3, 0.4) is 0 Å². The van der Waals surface area contributed by atoms with Crippen molar-refractivity contribution in [1.29, 1.82) is 0 Å². The summed E-state index contributed by atoms with van der Waals surface area (Å²) in [6, 6.07) is 4.12. The molecule has 0 aromatic heterocycles. The number of benzene rings is 1. The summed E-state index contributed by atoms with van der Waals surface area (Å²) in [6.45, 7) is 2.33. The summed E-state index contributed by atoms with van der Waals surface area (Å²) >= 11 is 0. The third-order valence-corrected chi connectivity index (χ3v) is 3.03. The minimum absolute atomic E-state index is 0.190. The molecule has 0 aliphatic carbocycles. The minimum Gasteiger partial charge on any atom is -0.494 e. The molecule has 0 amide bonds. The maximum atomic E-state index is 13.5. The molecule has 1 atom stereocenters. The molecule has 1 unspecified atom stereocenters. The first-order valence-corrected chi connectivity index (χ1v) is 6.25. The standard InChI is InChI=1S/C14H20FNO3/c1-4-5-12(14(17)18)16(2)9-10-6-7-13(19-3)11(15)8-10/h6-8,12H,4-5,9H2,1-3H3,(H,17,18). The Morgan fingerprint density at radius 1 is 1.53 bits per heavy atom. The van der Waals surface area contributed by atoms with Crippen molar-refractivity contribution in [3.05, 3.63) is 29.6 Å². The molecule has 0 heterocycles. The summed E-state index contributed by atoms with van der Waals surface area (Å²) in [7, 11) is 3.14. The van der Waals surface area contributed by atoms with Crippen molar-refractivity contribution in [2.75, 3.05) is 14.2 Å². The van der Waals surface area contributed by atoms with Crippen molar-refractivity contribution in [2.45, 2.75) is 32.4 Å². The smallest absolute Gasteiger partial charge is 0.320 e. The fourth-order valence-electron chi connectivity index (χ4n) is 2.01. The van der Waals surface area contributed by atoms with Crippen molar-refractivity contribution < 1.29 is 19.0 Å². The van der Waals surface area contributed by atoms with Gasteiger partial charge in [-0.05, 0) is 31.2 Å². The molecule has 5 heteroatoms. The van der Waals surface area contributed by atoms with E-state index in [9.17, 15) is 9.18 Å². The van der Waals surface area contributed by atoms with Gasteiger partial charge in [0.25, 0.3) is 0 Å². The third kappa shape index (κ3) is 4.21. The van der Waals surface area contributed by atoms with E-state index >= 15 is 0 Å². The summed E-state index contributed by atoms with van der Waals surface area (Å²) in [5.74, 6) is -1.09. The minimum atomic E-state index is -0.849. The summed E-state index contributed by atoms with van der Waals surface area (Å²) in [5.41, 5.74) is 0.725. The lowest BCUT2D eigenvalue weighted by atomic mass is 10.1. The van der Waals surface area contributed by atoms with E-state index in [0.29, 0.717) is 13.0 Å². The van der Waals surface area contributed by atoms with Crippen LogP contribution >= 0.6 is 0 Å². The molecule has 4 nitrogen and oxygen atoms in total. The highest BCUT2D eigenvalue weighted by Crippen LogP contribution is 2.19. The Labute approximate surface area is 112 Å². The van der Waals surface area contributed by atoms with Crippen molar-refractivity contribution >= 4 is 5.97 Å². The number of aliphatic carboxylic acids is 1. The van der Waals surface area contributed by atoms with Gasteiger partial charge in [0.2, 0.25) is 0 Å². The first kappa shape index (κ1) is 15.4. The van der Waals surface area contributed by atoms with Crippen LogP contribution < -0.4 is 4.74 Å². The number of likely N-dealkylation sites (N-methyl/N-ethyl adjacent to an activating group) is 1. The van der Waals surface area contributed by atoms with Crippen molar-refractivity contribution in [1.82, 2.24) is 4.90 Å². The number of rotatable bonds is 7. The molecular weight excluding hydrogens is 249 g/mol. The first-order chi connectivity index (χ1) is 8.99. The first-order valence-electron chi connectivity index (χ1n) is 6.25. The van der Waals surface area contributed by atoms with E-state index in [1.807, 2.05) is 6.92 Å². The SMILES string of the molecule is CCCC(C(=O)O)N(C)Cc1ccc(OC)c(F)c1. The van der Waals surface area contributed by atoms with Crippen LogP contribution in [0.5, 0.6) is 5.75 Å². The largest absolute Gasteiger partial charge is 0.494 e. The van der Waals surface area contributed by atoms with Gasteiger partial charge in [0.1, 0.15) is 6.04 Å². The number of methoxy groups -OCH3 is 1. The number of hydrogen-bond acceptors (Lipinski definition) is 3. The van der Waals surface area contributed by atoms with E-state index < -0.39 is 17.8 Å². The molecule has 0 spiro atoms. The highest BCUT2D eigenvalue weighted by Gasteiger charge is 2.21. The highest BCUT2D eigenvalue weighted by molar-refractivity contribution is 5.73. The number of carboxylic acid groups (broad SMARTS) is 1. The van der Waals surface area contributed by atoms with Crippen LogP contribution in [0.25, 0.3) is 0 Å². The summed E-state index contributed by atoms with van der Waals surface area (Å²) in [4.78, 5) is 12.9. The Morgan fingerprint density at radius 3 is 2.68 bits per heavy atom. The zero-order valence-electron chi connectivity index (χ0n) is 11.5. The number of ether oxygens (including phenoxy) is 1. The van der Waals surface area contributed by atoms with Crippen molar-refractivity contribution in [3.63, 3.8) is 0 Å². The molecular formula is C14H20FNO3. The Balaban J connectivity index is 2.77. The monoisotopic (exact) mass is 269 g/mol. The topological polar surface area (TPSA) is 49.8 Å². The number of hydrogen-bond donors (Lipinski definition) is 1. The van der Waals surface area contributed by atoms with Gasteiger partial charge in [-0.15, -0.1) is 0 Å². The molecule has 0 saturated carbocycles. The number of carbonyl (C=O) groups is 1. The van der Waals surface area contributed by atoms with E-state index in [1.165, 1.54) is 13.2 Å². The molecule has 19 heavy (non-hydrogen) atoms. The highest BCUT2D eigenvalue weighted by atomic mass is 19.1. The third-order valence-electron chi connectivity index (χ3n) is 3.03. The quantitative estimate of drug-likeness (QED) is 0.826. The van der Waals surface area contributed by atoms with E-state index in [-0.39, 0.29) is 5.75 Å². The lowest BCUT2D eigenvalue weighted by molar-refractivity contribution is -0.143. The maximum absolute atomic E-state index is 13.5. The summed E-state index contributed by atoms with van der Waals surface area (Å²) in [5, 5.41) is 9.15. The molecule has 1 rings (SSSR count). The van der Waals surface area contributed by atoms with Crippen LogP contribution in [0.2, 0.25) is 0 Å². The predicted octanol–water partition coefficient (Wildman–Crippen LogP) is 2.52. The van der Waals surface area contributed by atoms with E-state index in [2.05, 4.69) is 0 Å². The molecule has 1 aromatic rings. The second-order valence-corrected chi connectivity index (χ2v) is 4.53. The Hall–Kier alpha value is -1.62. The Morgan fingerprint density at radius 2 is 2.21 bits per heavy atom. The Kier molecular flexibility index (Phi) is 5.76. The Bertz CT molecular complexity index is 437. The second kappa shape index (κ2) is 7.09. The van der Waals surface area contributed by atoms with Crippen LogP contribution in [-0.4, -0.2) is 36.2 Å². The summed E-state index contributed by atoms with van der Waals surface area (Å²) in [6.07, 6.45) is 1.36. The average Bonchev–Trinajstić information content (AvgIpc) is 2.35. The van der Waals surface area contributed by atoms with Crippen LogP contribution in [-0.2, 0) is 11.3 Å². The fraction of sp³-hybridized carbons (Fsp3) is 0.500. The molecule has 0 radical (unpaired) electrons. The van der Waals surface area contributed by atoms with Gasteiger partial charge >= 0.3 is 5.97 Å². The van der Waals surface area contributed by atoms with Gasteiger partial charge in [-0.3, -0.25) is 9.69 Å². The van der Waals surface area contributed by atoms with E-state index in [4.69, 9.17) is 9.84 Å². The van der Waals surface area contributed by atoms with Gasteiger partial charge in [-0.2, -0.15) is 0 Å².